The first-order valence-corrected chi connectivity index (χ1v) is 13.2. The Morgan fingerprint density at radius 1 is 0.870 bits per heavy atom. The van der Waals surface area contributed by atoms with Crippen molar-refractivity contribution >= 4 is 62.3 Å². The van der Waals surface area contributed by atoms with E-state index in [1.807, 2.05) is 18.8 Å². The molecule has 1 unspecified atom stereocenters. The molecule has 148 valence electrons. The van der Waals surface area contributed by atoms with Gasteiger partial charge in [0.15, 0.2) is 11.1 Å². The Labute approximate surface area is 163 Å². The Morgan fingerprint density at radius 3 is 1.00 bits per heavy atom. The molecule has 0 aromatic heterocycles. The van der Waals surface area contributed by atoms with Crippen molar-refractivity contribution in [2.45, 2.75) is 13.8 Å². The van der Waals surface area contributed by atoms with E-state index < -0.39 is 11.1 Å². The lowest BCUT2D eigenvalue weighted by atomic mass is 10.6. The minimum atomic E-state index is -1.07. The molecule has 0 spiro atoms. The monoisotopic (exact) mass is 432 g/mol. The summed E-state index contributed by atoms with van der Waals surface area (Å²) in [4.78, 5) is 9.44. The summed E-state index contributed by atoms with van der Waals surface area (Å²) in [5, 5.41) is 0. The number of rotatable bonds is 3. The molecule has 0 heterocycles. The molecule has 5 nitrogen and oxygen atoms in total. The maximum Gasteiger partial charge on any atom is 0.151 e. The van der Waals surface area contributed by atoms with Crippen molar-refractivity contribution < 1.29 is 22.1 Å². The average molecular weight is 433 g/mol. The number of carbonyl (C=O) groups is 1. The number of thioether (sulfide) groups is 1. The van der Waals surface area contributed by atoms with Crippen molar-refractivity contribution in [3.63, 3.8) is 0 Å². The normalized spacial score (nSPS) is 8.52. The molecule has 0 aromatic carbocycles. The molecule has 0 saturated heterocycles. The molecule has 1 atom stereocenters. The van der Waals surface area contributed by atoms with Gasteiger partial charge in [0.1, 0.15) is 5.78 Å². The van der Waals surface area contributed by atoms with Crippen molar-refractivity contribution in [2.75, 3.05) is 66.0 Å². The highest BCUT2D eigenvalue weighted by Crippen LogP contribution is 2.09. The minimum absolute atomic E-state index is 0.167. The average Bonchev–Trinajstić information content (AvgIpc) is 2.48. The molecule has 23 heavy (non-hydrogen) atoms. The highest BCUT2D eigenvalue weighted by molar-refractivity contribution is 8.76. The summed E-state index contributed by atoms with van der Waals surface area (Å²) in [7, 11) is 9.84. The fourth-order valence-corrected chi connectivity index (χ4v) is 0. The molecular weight excluding hydrogens is 396 g/mol. The summed E-state index contributed by atoms with van der Waals surface area (Å²) in [5.41, 5.74) is 0. The van der Waals surface area contributed by atoms with E-state index in [-0.39, 0.29) is 5.78 Å². The summed E-state index contributed by atoms with van der Waals surface area (Å²) in [6, 6.07) is 0. The number of ketones is 1. The first-order chi connectivity index (χ1) is 10.7. The van der Waals surface area contributed by atoms with Crippen LogP contribution in [0.1, 0.15) is 13.8 Å². The second-order valence-corrected chi connectivity index (χ2v) is 8.25. The van der Waals surface area contributed by atoms with Gasteiger partial charge in [-0.25, -0.2) is 4.21 Å². The van der Waals surface area contributed by atoms with E-state index in [2.05, 4.69) is 25.6 Å². The Morgan fingerprint density at radius 2 is 1.00 bits per heavy atom. The van der Waals surface area contributed by atoms with Gasteiger partial charge in [0.05, 0.1) is 14.2 Å². The Bertz CT molecular complexity index is 172. The van der Waals surface area contributed by atoms with Crippen LogP contribution < -0.4 is 0 Å². The van der Waals surface area contributed by atoms with E-state index >= 15 is 0 Å². The van der Waals surface area contributed by atoms with Crippen LogP contribution in [0.3, 0.4) is 0 Å². The number of ether oxygens (including phenoxy) is 1. The molecule has 0 aromatic rings. The van der Waals surface area contributed by atoms with E-state index in [1.165, 1.54) is 39.3 Å². The van der Waals surface area contributed by atoms with Gasteiger partial charge in [-0.3, -0.25) is 4.18 Å². The van der Waals surface area contributed by atoms with Crippen molar-refractivity contribution in [1.29, 1.82) is 0 Å². The Kier molecular flexibility index (Phi) is 96.9. The molecule has 0 aliphatic carbocycles. The molecule has 0 bridgehead atoms. The van der Waals surface area contributed by atoms with E-state index in [0.29, 0.717) is 0 Å². The molecule has 0 rings (SSSR count). The lowest BCUT2D eigenvalue weighted by Crippen LogP contribution is -1.83. The van der Waals surface area contributed by atoms with Crippen molar-refractivity contribution in [3.05, 3.63) is 0 Å². The molecule has 0 fully saturated rings. The van der Waals surface area contributed by atoms with E-state index in [9.17, 15) is 9.00 Å². The lowest BCUT2D eigenvalue weighted by Gasteiger charge is -1.78. The first-order valence-electron chi connectivity index (χ1n) is 5.95. The zero-order chi connectivity index (χ0) is 20.1. The van der Waals surface area contributed by atoms with Gasteiger partial charge in [0, 0.05) is 26.7 Å². The van der Waals surface area contributed by atoms with E-state index in [1.54, 1.807) is 54.7 Å². The lowest BCUT2D eigenvalue weighted by molar-refractivity contribution is -0.114. The van der Waals surface area contributed by atoms with Crippen LogP contribution in [0.5, 0.6) is 0 Å². The molecule has 0 saturated carbocycles. The third kappa shape index (κ3) is 395. The third-order valence-corrected chi connectivity index (χ3v) is 2.70. The van der Waals surface area contributed by atoms with Crippen LogP contribution in [-0.2, 0) is 29.0 Å². The van der Waals surface area contributed by atoms with Gasteiger partial charge < -0.3 is 13.7 Å². The van der Waals surface area contributed by atoms with Crippen LogP contribution in [-0.4, -0.2) is 76.0 Å². The number of carbonyl (C=O) groups excluding carboxylic acids is 1. The fourth-order valence-electron chi connectivity index (χ4n) is 0. The number of Topliss-reactive ketones (excluding diaryl/α,β-unsaturated/α-hetero) is 1. The maximum absolute atomic E-state index is 9.70. The molecular formula is C13H36O5S5. The zero-order valence-corrected chi connectivity index (χ0v) is 20.7. The Hall–Kier alpha value is 1.10. The molecule has 0 aliphatic rings. The van der Waals surface area contributed by atoms with Crippen LogP contribution in [0.15, 0.2) is 0 Å². The van der Waals surface area contributed by atoms with Gasteiger partial charge in [0.25, 0.3) is 0 Å². The van der Waals surface area contributed by atoms with Crippen molar-refractivity contribution in [3.8, 4) is 0 Å². The topological polar surface area (TPSA) is 61.8 Å². The highest BCUT2D eigenvalue weighted by atomic mass is 33.1. The van der Waals surface area contributed by atoms with Crippen molar-refractivity contribution in [1.82, 2.24) is 0 Å². The predicted octanol–water partition coefficient (Wildman–Crippen LogP) is 4.30. The van der Waals surface area contributed by atoms with Crippen molar-refractivity contribution in [2.24, 2.45) is 0 Å². The summed E-state index contributed by atoms with van der Waals surface area (Å²) in [6.45, 7) is 3.06. The van der Waals surface area contributed by atoms with Crippen LogP contribution in [0.2, 0.25) is 0 Å². The van der Waals surface area contributed by atoms with Crippen LogP contribution in [0, 0.1) is 0 Å². The van der Waals surface area contributed by atoms with Crippen LogP contribution in [0.25, 0.3) is 0 Å². The van der Waals surface area contributed by atoms with Gasteiger partial charge in [-0.15, -0.1) is 0 Å². The smallest absolute Gasteiger partial charge is 0.151 e. The quantitative estimate of drug-likeness (QED) is 0.479. The second-order valence-electron chi connectivity index (χ2n) is 2.96. The number of hydrogen-bond acceptors (Lipinski definition) is 9. The van der Waals surface area contributed by atoms with Gasteiger partial charge in [-0.05, 0) is 50.9 Å². The van der Waals surface area contributed by atoms with Gasteiger partial charge in [0.2, 0.25) is 0 Å². The Balaban J connectivity index is -0.0000000381. The summed E-state index contributed by atoms with van der Waals surface area (Å²) in [6.07, 6.45) is 11.6. The van der Waals surface area contributed by atoms with Gasteiger partial charge in [-0.1, -0.05) is 21.6 Å². The highest BCUT2D eigenvalue weighted by Gasteiger charge is 1.72. The van der Waals surface area contributed by atoms with E-state index in [0.717, 1.165) is 0 Å². The maximum atomic E-state index is 9.70. The number of hydrogen-bond donors (Lipinski definition) is 0. The molecule has 0 amide bonds. The van der Waals surface area contributed by atoms with Crippen LogP contribution in [0.4, 0.5) is 0 Å². The standard InChI is InChI=1S/C3H6O.C2H6O2S.C2H6OS.C2H6O.C2H6S2.C2H6S/c1-3(2)4;1-4-5(2)3;1-3-4-2;1-3-2;1-3-4-2;1-3-2/h1-2H3;1-2H3;1-2H3;1-2H3;1-2H3;1-2H3. The SMILES string of the molecule is CC(C)=O.COC.COS(C)=O.COSC.CSC.CSSC. The predicted molar refractivity (Wildman–Crippen MR) is 117 cm³/mol. The first kappa shape index (κ1) is 39.3. The van der Waals surface area contributed by atoms with E-state index in [4.69, 9.17) is 0 Å². The molecule has 0 aliphatic heterocycles. The summed E-state index contributed by atoms with van der Waals surface area (Å²) < 4.78 is 22.6. The molecule has 10 heteroatoms. The summed E-state index contributed by atoms with van der Waals surface area (Å²) in [5.74, 6) is 0.167. The fraction of sp³-hybridized carbons (Fsp3) is 0.923. The minimum Gasteiger partial charge on any atom is -0.388 e. The third-order valence-electron chi connectivity index (χ3n) is 0.568. The van der Waals surface area contributed by atoms with Gasteiger partial charge >= 0.3 is 0 Å². The molecule has 0 N–H and O–H groups in total. The number of methoxy groups -OCH3 is 1. The zero-order valence-electron chi connectivity index (χ0n) is 16.6. The largest absolute Gasteiger partial charge is 0.388 e. The summed E-state index contributed by atoms with van der Waals surface area (Å²) >= 11 is 2.03. The van der Waals surface area contributed by atoms with Gasteiger partial charge in [-0.2, -0.15) is 11.8 Å². The second kappa shape index (κ2) is 56.7. The van der Waals surface area contributed by atoms with Crippen LogP contribution >= 0.6 is 45.4 Å². The molecule has 0 radical (unpaired) electrons.